The van der Waals surface area contributed by atoms with Crippen LogP contribution >= 0.6 is 0 Å². The number of benzene rings is 1. The molecule has 1 unspecified atom stereocenters. The van der Waals surface area contributed by atoms with Gasteiger partial charge in [0.25, 0.3) is 0 Å². The summed E-state index contributed by atoms with van der Waals surface area (Å²) in [5.41, 5.74) is 6.31. The van der Waals surface area contributed by atoms with E-state index in [1.54, 1.807) is 9.36 Å². The van der Waals surface area contributed by atoms with Gasteiger partial charge in [-0.05, 0) is 63.0 Å². The topological polar surface area (TPSA) is 110 Å². The molecule has 210 valence electrons. The van der Waals surface area contributed by atoms with Gasteiger partial charge in [0.15, 0.2) is 6.23 Å². The molecule has 11 nitrogen and oxygen atoms in total. The second-order valence-corrected chi connectivity index (χ2v) is 10.2. The normalized spacial score (nSPS) is 18.4. The van der Waals surface area contributed by atoms with Gasteiger partial charge in [-0.15, -0.1) is 0 Å². The summed E-state index contributed by atoms with van der Waals surface area (Å²) in [7, 11) is 1.87. The molecule has 11 heteroatoms. The lowest BCUT2D eigenvalue weighted by Crippen LogP contribution is -2.28. The molecule has 0 radical (unpaired) electrons. The predicted octanol–water partition coefficient (Wildman–Crippen LogP) is 3.86. The van der Waals surface area contributed by atoms with Gasteiger partial charge in [-0.3, -0.25) is 9.48 Å². The van der Waals surface area contributed by atoms with Gasteiger partial charge >= 0.3 is 0 Å². The number of hydrogen-bond donors (Lipinski definition) is 1. The maximum Gasteiger partial charge on any atom is 0.241 e. The third-order valence-corrected chi connectivity index (χ3v) is 7.42. The van der Waals surface area contributed by atoms with E-state index in [-0.39, 0.29) is 25.3 Å². The molecule has 1 amide bonds. The third kappa shape index (κ3) is 5.02. The maximum atomic E-state index is 12.4. The molecule has 6 rings (SSSR count). The van der Waals surface area contributed by atoms with E-state index in [4.69, 9.17) is 19.3 Å². The number of fused-ring (bicyclic) bond motifs is 4. The fourth-order valence-electron chi connectivity index (χ4n) is 5.45. The van der Waals surface area contributed by atoms with Crippen molar-refractivity contribution >= 4 is 29.0 Å². The fraction of sp³-hybridized carbons (Fsp3) is 0.448. The summed E-state index contributed by atoms with van der Waals surface area (Å²) < 4.78 is 23.8. The van der Waals surface area contributed by atoms with Gasteiger partial charge in [0.2, 0.25) is 11.8 Å². The van der Waals surface area contributed by atoms with Crippen LogP contribution in [-0.4, -0.2) is 61.6 Å². The minimum atomic E-state index is -0.0994. The molecule has 40 heavy (non-hydrogen) atoms. The van der Waals surface area contributed by atoms with Crippen molar-refractivity contribution in [3.8, 4) is 17.0 Å². The first kappa shape index (κ1) is 26.3. The Balaban J connectivity index is 1.48. The van der Waals surface area contributed by atoms with Gasteiger partial charge in [-0.1, -0.05) is 6.07 Å². The number of carbonyl (C=O) groups is 1. The van der Waals surface area contributed by atoms with Crippen molar-refractivity contribution in [1.29, 1.82) is 0 Å². The summed E-state index contributed by atoms with van der Waals surface area (Å²) in [5, 5.41) is 18.0. The van der Waals surface area contributed by atoms with Crippen molar-refractivity contribution in [2.45, 2.75) is 52.5 Å². The van der Waals surface area contributed by atoms with Crippen LogP contribution in [0, 0.1) is 6.92 Å². The van der Waals surface area contributed by atoms with E-state index in [1.165, 1.54) is 0 Å². The molecule has 2 bridgehead atoms. The number of amides is 1. The van der Waals surface area contributed by atoms with Gasteiger partial charge in [0.05, 0.1) is 47.6 Å². The smallest absolute Gasteiger partial charge is 0.241 e. The van der Waals surface area contributed by atoms with Crippen molar-refractivity contribution in [2.24, 2.45) is 7.05 Å². The quantitative estimate of drug-likeness (QED) is 0.415. The van der Waals surface area contributed by atoms with E-state index in [9.17, 15) is 4.79 Å². The number of nitrogens with zero attached hydrogens (tertiary/aromatic N) is 6. The average Bonchev–Trinajstić information content (AvgIpc) is 3.60. The SMILES string of the molecule is CCNC(=O)Cn1nc(C)c2c1COCCOc1c(cnn1C)-c1ccc3c(c1)c(nn3C1CCCCO1)/C=C/2. The van der Waals surface area contributed by atoms with Crippen molar-refractivity contribution in [2.75, 3.05) is 26.4 Å². The molecule has 0 saturated carbocycles. The van der Waals surface area contributed by atoms with Crippen molar-refractivity contribution in [3.63, 3.8) is 0 Å². The molecular weight excluding hydrogens is 510 g/mol. The fourth-order valence-corrected chi connectivity index (χ4v) is 5.45. The first-order valence-corrected chi connectivity index (χ1v) is 13.9. The van der Waals surface area contributed by atoms with Crippen LogP contribution in [-0.2, 0) is 34.5 Å². The molecule has 1 fully saturated rings. The highest BCUT2D eigenvalue weighted by atomic mass is 16.5. The van der Waals surface area contributed by atoms with E-state index in [0.717, 1.165) is 70.5 Å². The van der Waals surface area contributed by atoms with Crippen LogP contribution in [0.5, 0.6) is 5.88 Å². The Morgan fingerprint density at radius 1 is 1.15 bits per heavy atom. The first-order valence-electron chi connectivity index (χ1n) is 13.9. The summed E-state index contributed by atoms with van der Waals surface area (Å²) in [4.78, 5) is 12.4. The number of nitrogens with one attached hydrogen (secondary N) is 1. The lowest BCUT2D eigenvalue weighted by molar-refractivity contribution is -0.121. The number of rotatable bonds is 4. The van der Waals surface area contributed by atoms with Gasteiger partial charge in [0, 0.05) is 31.1 Å². The zero-order chi connectivity index (χ0) is 27.6. The molecule has 2 aliphatic rings. The highest BCUT2D eigenvalue weighted by Gasteiger charge is 2.23. The highest BCUT2D eigenvalue weighted by Crippen LogP contribution is 2.35. The van der Waals surface area contributed by atoms with Crippen LogP contribution in [0.1, 0.15) is 55.1 Å². The molecule has 1 saturated heterocycles. The Kier molecular flexibility index (Phi) is 7.40. The van der Waals surface area contributed by atoms with Crippen LogP contribution in [0.3, 0.4) is 0 Å². The largest absolute Gasteiger partial charge is 0.475 e. The summed E-state index contributed by atoms with van der Waals surface area (Å²) >= 11 is 0. The number of aromatic nitrogens is 6. The number of likely N-dealkylation sites (N-methyl/N-ethyl adjacent to an activating group) is 1. The van der Waals surface area contributed by atoms with E-state index in [0.29, 0.717) is 25.6 Å². The van der Waals surface area contributed by atoms with Crippen LogP contribution < -0.4 is 10.1 Å². The van der Waals surface area contributed by atoms with Crippen LogP contribution in [0.15, 0.2) is 24.4 Å². The number of ether oxygens (including phenoxy) is 3. The minimum Gasteiger partial charge on any atom is -0.475 e. The Morgan fingerprint density at radius 2 is 2.05 bits per heavy atom. The maximum absolute atomic E-state index is 12.4. The van der Waals surface area contributed by atoms with Crippen LogP contribution in [0.25, 0.3) is 34.2 Å². The summed E-state index contributed by atoms with van der Waals surface area (Å²) in [6.07, 6.45) is 8.89. The van der Waals surface area contributed by atoms with Crippen molar-refractivity contribution in [3.05, 3.63) is 47.0 Å². The summed E-state index contributed by atoms with van der Waals surface area (Å²) in [6.45, 7) is 6.27. The minimum absolute atomic E-state index is 0.0931. The number of hydrogen-bond acceptors (Lipinski definition) is 7. The number of carbonyl (C=O) groups excluding carboxylic acids is 1. The molecule has 3 aromatic heterocycles. The van der Waals surface area contributed by atoms with Crippen LogP contribution in [0.4, 0.5) is 0 Å². The molecule has 0 aliphatic carbocycles. The summed E-state index contributed by atoms with van der Waals surface area (Å²) in [6, 6.07) is 6.34. The Hall–Kier alpha value is -3.96. The highest BCUT2D eigenvalue weighted by molar-refractivity contribution is 5.93. The Bertz CT molecular complexity index is 1560. The second-order valence-electron chi connectivity index (χ2n) is 10.2. The molecule has 1 atom stereocenters. The molecule has 0 spiro atoms. The van der Waals surface area contributed by atoms with E-state index < -0.39 is 0 Å². The molecule has 1 N–H and O–H groups in total. The number of aryl methyl sites for hydroxylation is 2. The van der Waals surface area contributed by atoms with Gasteiger partial charge in [-0.25, -0.2) is 9.36 Å². The third-order valence-electron chi connectivity index (χ3n) is 7.42. The van der Waals surface area contributed by atoms with Gasteiger partial charge in [-0.2, -0.15) is 15.3 Å². The molecule has 4 aromatic rings. The summed E-state index contributed by atoms with van der Waals surface area (Å²) in [5.74, 6) is 0.584. The first-order chi connectivity index (χ1) is 19.5. The predicted molar refractivity (Wildman–Crippen MR) is 151 cm³/mol. The average molecular weight is 546 g/mol. The van der Waals surface area contributed by atoms with Gasteiger partial charge < -0.3 is 19.5 Å². The zero-order valence-corrected chi connectivity index (χ0v) is 23.2. The molecule has 5 heterocycles. The molecule has 2 aliphatic heterocycles. The molecule has 1 aromatic carbocycles. The van der Waals surface area contributed by atoms with Gasteiger partial charge in [0.1, 0.15) is 13.2 Å². The standard InChI is InChI=1S/C29H35N7O4/c1-4-30-27(37)17-35-26-18-38-13-14-40-29-23(16-31-34(29)3)20-8-11-25-22(15-20)24(10-9-21(26)19(2)32-35)33-36(25)28-7-5-6-12-39-28/h8-11,15-16,28H,4-7,12-14,17-18H2,1-3H3,(H,30,37)/b10-9+. The van der Waals surface area contributed by atoms with E-state index in [2.05, 4.69) is 33.7 Å². The monoisotopic (exact) mass is 545 g/mol. The van der Waals surface area contributed by atoms with Crippen molar-refractivity contribution < 1.29 is 19.0 Å². The van der Waals surface area contributed by atoms with Crippen molar-refractivity contribution in [1.82, 2.24) is 34.7 Å². The van der Waals surface area contributed by atoms with E-state index >= 15 is 0 Å². The zero-order valence-electron chi connectivity index (χ0n) is 23.2. The lowest BCUT2D eigenvalue weighted by atomic mass is 10.0. The molecular formula is C29H35N7O4. The van der Waals surface area contributed by atoms with E-state index in [1.807, 2.05) is 43.9 Å². The Morgan fingerprint density at radius 3 is 2.88 bits per heavy atom. The second kappa shape index (κ2) is 11.3. The Labute approximate surface area is 232 Å². The lowest BCUT2D eigenvalue weighted by Gasteiger charge is -2.23. The van der Waals surface area contributed by atoms with Crippen LogP contribution in [0.2, 0.25) is 0 Å².